The molecule has 0 fully saturated rings. The number of para-hydroxylation sites is 1. The number of benzene rings is 1. The minimum absolute atomic E-state index is 0.00538. The molecule has 0 aliphatic rings. The van der Waals surface area contributed by atoms with Crippen LogP contribution in [0.5, 0.6) is 0 Å². The van der Waals surface area contributed by atoms with E-state index >= 15 is 0 Å². The summed E-state index contributed by atoms with van der Waals surface area (Å²) >= 11 is 0. The van der Waals surface area contributed by atoms with E-state index in [0.717, 1.165) is 22.5 Å². The Kier molecular flexibility index (Phi) is 2.60. The van der Waals surface area contributed by atoms with Crippen LogP contribution in [-0.4, -0.2) is 25.1 Å². The van der Waals surface area contributed by atoms with Crippen LogP contribution in [0.25, 0.3) is 10.9 Å². The first-order valence-corrected chi connectivity index (χ1v) is 5.66. The van der Waals surface area contributed by atoms with Gasteiger partial charge in [-0.05, 0) is 19.1 Å². The number of hydrogen-bond acceptors (Lipinski definition) is 5. The predicted molar refractivity (Wildman–Crippen MR) is 68.0 cm³/mol. The number of hydrogen-bond donors (Lipinski definition) is 2. The highest BCUT2D eigenvalue weighted by molar-refractivity contribution is 5.88. The second-order valence-electron chi connectivity index (χ2n) is 3.98. The van der Waals surface area contributed by atoms with E-state index in [1.165, 1.54) is 6.33 Å². The number of aromatic nitrogens is 5. The lowest BCUT2D eigenvalue weighted by molar-refractivity contribution is 0.791. The molecule has 0 saturated carbocycles. The van der Waals surface area contributed by atoms with Crippen molar-refractivity contribution >= 4 is 16.7 Å². The van der Waals surface area contributed by atoms with Gasteiger partial charge in [0.15, 0.2) is 0 Å². The first-order chi connectivity index (χ1) is 8.84. The molecular formula is C12H12N6. The summed E-state index contributed by atoms with van der Waals surface area (Å²) in [6, 6.07) is 7.88. The maximum atomic E-state index is 4.27. The third kappa shape index (κ3) is 1.88. The smallest absolute Gasteiger partial charge is 0.146 e. The lowest BCUT2D eigenvalue weighted by Crippen LogP contribution is -2.10. The van der Waals surface area contributed by atoms with Crippen LogP contribution in [0.3, 0.4) is 0 Å². The molecule has 18 heavy (non-hydrogen) atoms. The summed E-state index contributed by atoms with van der Waals surface area (Å²) in [5.74, 6) is 1.57. The topological polar surface area (TPSA) is 79.4 Å². The van der Waals surface area contributed by atoms with Crippen LogP contribution in [0, 0.1) is 0 Å². The van der Waals surface area contributed by atoms with Crippen molar-refractivity contribution in [3.63, 3.8) is 0 Å². The lowest BCUT2D eigenvalue weighted by Gasteiger charge is -2.12. The largest absolute Gasteiger partial charge is 0.360 e. The summed E-state index contributed by atoms with van der Waals surface area (Å²) in [6.07, 6.45) is 3.05. The van der Waals surface area contributed by atoms with Crippen molar-refractivity contribution in [1.29, 1.82) is 0 Å². The Morgan fingerprint density at radius 3 is 2.83 bits per heavy atom. The number of anilines is 1. The molecule has 0 radical (unpaired) electrons. The molecule has 1 unspecified atom stereocenters. The summed E-state index contributed by atoms with van der Waals surface area (Å²) in [4.78, 5) is 12.6. The molecule has 0 bridgehead atoms. The van der Waals surface area contributed by atoms with E-state index in [0.29, 0.717) is 0 Å². The molecule has 0 aliphatic carbocycles. The SMILES string of the molecule is CC(Nc1ncnc2ccccc12)c1ncn[nH]1. The number of aromatic amines is 1. The minimum Gasteiger partial charge on any atom is -0.360 e. The Hall–Kier alpha value is -2.50. The molecular weight excluding hydrogens is 228 g/mol. The fourth-order valence-electron chi connectivity index (χ4n) is 1.82. The lowest BCUT2D eigenvalue weighted by atomic mass is 10.2. The van der Waals surface area contributed by atoms with Crippen molar-refractivity contribution < 1.29 is 0 Å². The Balaban J connectivity index is 1.95. The van der Waals surface area contributed by atoms with Crippen molar-refractivity contribution in [3.05, 3.63) is 42.7 Å². The van der Waals surface area contributed by atoms with Crippen LogP contribution in [0.1, 0.15) is 18.8 Å². The van der Waals surface area contributed by atoms with Crippen LogP contribution >= 0.6 is 0 Å². The van der Waals surface area contributed by atoms with Gasteiger partial charge in [-0.25, -0.2) is 15.0 Å². The maximum absolute atomic E-state index is 4.27. The zero-order valence-corrected chi connectivity index (χ0v) is 9.83. The third-order valence-electron chi connectivity index (χ3n) is 2.74. The molecule has 0 saturated heterocycles. The van der Waals surface area contributed by atoms with E-state index in [4.69, 9.17) is 0 Å². The number of fused-ring (bicyclic) bond motifs is 1. The highest BCUT2D eigenvalue weighted by Gasteiger charge is 2.10. The van der Waals surface area contributed by atoms with E-state index in [9.17, 15) is 0 Å². The van der Waals surface area contributed by atoms with Gasteiger partial charge in [0.1, 0.15) is 24.3 Å². The molecule has 1 atom stereocenters. The summed E-state index contributed by atoms with van der Waals surface area (Å²) in [5, 5.41) is 11.0. The van der Waals surface area contributed by atoms with Crippen molar-refractivity contribution in [1.82, 2.24) is 25.1 Å². The van der Waals surface area contributed by atoms with Crippen LogP contribution < -0.4 is 5.32 Å². The average Bonchev–Trinajstić information content (AvgIpc) is 2.93. The van der Waals surface area contributed by atoms with Gasteiger partial charge in [0.25, 0.3) is 0 Å². The number of H-pyrrole nitrogens is 1. The Labute approximate surface area is 104 Å². The van der Waals surface area contributed by atoms with Crippen molar-refractivity contribution in [2.75, 3.05) is 5.32 Å². The van der Waals surface area contributed by atoms with Gasteiger partial charge in [-0.15, -0.1) is 0 Å². The molecule has 90 valence electrons. The number of nitrogens with zero attached hydrogens (tertiary/aromatic N) is 4. The van der Waals surface area contributed by atoms with Crippen molar-refractivity contribution in [2.45, 2.75) is 13.0 Å². The summed E-state index contributed by atoms with van der Waals surface area (Å²) in [6.45, 7) is 2.00. The fourth-order valence-corrected chi connectivity index (χ4v) is 1.82. The summed E-state index contributed by atoms with van der Waals surface area (Å²) < 4.78 is 0. The van der Waals surface area contributed by atoms with E-state index in [-0.39, 0.29) is 6.04 Å². The third-order valence-corrected chi connectivity index (χ3v) is 2.74. The van der Waals surface area contributed by atoms with Gasteiger partial charge in [0.2, 0.25) is 0 Å². The number of nitrogens with one attached hydrogen (secondary N) is 2. The van der Waals surface area contributed by atoms with Gasteiger partial charge < -0.3 is 5.32 Å². The molecule has 3 aromatic rings. The van der Waals surface area contributed by atoms with Crippen LogP contribution in [0.4, 0.5) is 5.82 Å². The van der Waals surface area contributed by atoms with Crippen LogP contribution in [-0.2, 0) is 0 Å². The molecule has 2 N–H and O–H groups in total. The van der Waals surface area contributed by atoms with Gasteiger partial charge in [0, 0.05) is 5.39 Å². The van der Waals surface area contributed by atoms with E-state index < -0.39 is 0 Å². The van der Waals surface area contributed by atoms with Crippen molar-refractivity contribution in [2.24, 2.45) is 0 Å². The maximum Gasteiger partial charge on any atom is 0.146 e. The van der Waals surface area contributed by atoms with E-state index in [1.54, 1.807) is 6.33 Å². The zero-order valence-electron chi connectivity index (χ0n) is 9.83. The second-order valence-corrected chi connectivity index (χ2v) is 3.98. The molecule has 2 aromatic heterocycles. The predicted octanol–water partition coefficient (Wildman–Crippen LogP) is 1.92. The first kappa shape index (κ1) is 10.6. The summed E-state index contributed by atoms with van der Waals surface area (Å²) in [7, 11) is 0. The molecule has 0 amide bonds. The molecule has 1 aromatic carbocycles. The van der Waals surface area contributed by atoms with E-state index in [2.05, 4.69) is 30.5 Å². The van der Waals surface area contributed by atoms with Gasteiger partial charge in [0.05, 0.1) is 11.6 Å². The van der Waals surface area contributed by atoms with Crippen molar-refractivity contribution in [3.8, 4) is 0 Å². The minimum atomic E-state index is 0.00538. The monoisotopic (exact) mass is 240 g/mol. The standard InChI is InChI=1S/C12H12N6/c1-8(11-15-7-16-18-11)17-12-9-4-2-3-5-10(9)13-6-14-12/h2-8H,1H3,(H,13,14,17)(H,15,16,18). The van der Waals surface area contributed by atoms with Gasteiger partial charge in [-0.1, -0.05) is 12.1 Å². The van der Waals surface area contributed by atoms with Crippen LogP contribution in [0.15, 0.2) is 36.9 Å². The van der Waals surface area contributed by atoms with Gasteiger partial charge in [-0.2, -0.15) is 5.10 Å². The molecule has 0 spiro atoms. The molecule has 0 aliphatic heterocycles. The van der Waals surface area contributed by atoms with Gasteiger partial charge >= 0.3 is 0 Å². The summed E-state index contributed by atoms with van der Waals surface area (Å²) in [5.41, 5.74) is 0.916. The number of rotatable bonds is 3. The Morgan fingerprint density at radius 1 is 1.11 bits per heavy atom. The average molecular weight is 240 g/mol. The molecule has 3 rings (SSSR count). The Morgan fingerprint density at radius 2 is 2.00 bits per heavy atom. The zero-order chi connectivity index (χ0) is 12.4. The molecule has 6 heteroatoms. The first-order valence-electron chi connectivity index (χ1n) is 5.66. The normalized spacial score (nSPS) is 12.5. The highest BCUT2D eigenvalue weighted by atomic mass is 15.2. The highest BCUT2D eigenvalue weighted by Crippen LogP contribution is 2.21. The van der Waals surface area contributed by atoms with Crippen LogP contribution in [0.2, 0.25) is 0 Å². The fraction of sp³-hybridized carbons (Fsp3) is 0.167. The molecule has 6 nitrogen and oxygen atoms in total. The Bertz CT molecular complexity index is 643. The second kappa shape index (κ2) is 4.40. The van der Waals surface area contributed by atoms with E-state index in [1.807, 2.05) is 31.2 Å². The van der Waals surface area contributed by atoms with Gasteiger partial charge in [-0.3, -0.25) is 5.10 Å². The molecule has 2 heterocycles. The quantitative estimate of drug-likeness (QED) is 0.731.